The van der Waals surface area contributed by atoms with Gasteiger partial charge in [0.05, 0.1) is 48.4 Å². The van der Waals surface area contributed by atoms with Crippen LogP contribution in [0.1, 0.15) is 80.7 Å². The number of halogens is 1. The maximum atomic E-state index is 16.1. The van der Waals surface area contributed by atoms with Crippen molar-refractivity contribution in [2.45, 2.75) is 108 Å². The van der Waals surface area contributed by atoms with E-state index in [4.69, 9.17) is 24.2 Å². The molecule has 6 N–H and O–H groups in total. The zero-order valence-electron chi connectivity index (χ0n) is 44.5. The highest BCUT2D eigenvalue weighted by Crippen LogP contribution is 2.53. The number of H-pyrrole nitrogens is 2. The predicted octanol–water partition coefficient (Wildman–Crippen LogP) is 5.86. The van der Waals surface area contributed by atoms with Crippen molar-refractivity contribution >= 4 is 50.3 Å². The lowest BCUT2D eigenvalue weighted by molar-refractivity contribution is -0.142. The van der Waals surface area contributed by atoms with Crippen molar-refractivity contribution in [3.05, 3.63) is 101 Å². The van der Waals surface area contributed by atoms with E-state index in [2.05, 4.69) is 64.1 Å². The van der Waals surface area contributed by atoms with Crippen LogP contribution < -0.4 is 25.0 Å². The number of β-amino-alcohol motifs (C(OH)–C–C–N with tert-alkyl or cyclic N) is 1. The van der Waals surface area contributed by atoms with Gasteiger partial charge in [-0.2, -0.15) is 20.2 Å². The van der Waals surface area contributed by atoms with Crippen LogP contribution in [0.3, 0.4) is 0 Å². The minimum Gasteiger partial charge on any atom is -0.486 e. The lowest BCUT2D eigenvalue weighted by Gasteiger charge is -2.30. The lowest BCUT2D eigenvalue weighted by Crippen LogP contribution is -2.51. The lowest BCUT2D eigenvalue weighted by atomic mass is 9.88. The molecule has 1 saturated carbocycles. The van der Waals surface area contributed by atoms with Crippen LogP contribution in [-0.2, 0) is 20.9 Å². The van der Waals surface area contributed by atoms with E-state index in [1.165, 1.54) is 15.6 Å². The number of aliphatic hydroxyl groups is 2. The summed E-state index contributed by atoms with van der Waals surface area (Å²) in [6.45, 7) is 8.93. The number of aromatic amines is 2. The molecular weight excluding hydrogens is 1010 g/mol. The minimum atomic E-state index is -1.02. The van der Waals surface area contributed by atoms with Gasteiger partial charge in [-0.3, -0.25) is 19.8 Å². The molecule has 2 bridgehead atoms. The molecule has 0 radical (unpaired) electrons. The number of likely N-dealkylation sites (tertiary alicyclic amines) is 1. The molecule has 0 unspecified atom stereocenters. The molecule has 408 valence electrons. The first-order valence-electron chi connectivity index (χ1n) is 27.0. The third-order valence-corrected chi connectivity index (χ3v) is 15.9. The first-order valence-corrected chi connectivity index (χ1v) is 27.0. The highest BCUT2D eigenvalue weighted by Gasteiger charge is 2.44. The van der Waals surface area contributed by atoms with Crippen LogP contribution in [0, 0.1) is 30.5 Å². The number of aromatic nitrogens is 9. The van der Waals surface area contributed by atoms with Gasteiger partial charge in [0.15, 0.2) is 5.75 Å². The van der Waals surface area contributed by atoms with Gasteiger partial charge < -0.3 is 44.9 Å². The zero-order valence-corrected chi connectivity index (χ0v) is 44.5. The van der Waals surface area contributed by atoms with Crippen molar-refractivity contribution in [1.29, 1.82) is 0 Å². The van der Waals surface area contributed by atoms with Gasteiger partial charge in [0.2, 0.25) is 11.8 Å². The smallest absolute Gasteiger partial charge is 0.319 e. The molecule has 20 nitrogen and oxygen atoms in total. The molecule has 4 aromatic heterocycles. The highest BCUT2D eigenvalue weighted by atomic mass is 19.1. The Bertz CT molecular complexity index is 3680. The molecule has 7 heterocycles. The molecule has 3 saturated heterocycles. The molecule has 2 amide bonds. The standard InChI is InChI=1S/C58H62FN13O7/c1-30(2)53(57(76)71-25-40(74)18-49(71)56(75)63-37(27-73)16-15-34-7-6-8-46-43(34)22-61-66-46)72-26-48(68-69-72)36-11-9-33(10-12-36)29-78-54-51(50-32(4)45(59)20-47-44(50)23-62-67-47)41(35-13-14-35)19-42-52(54)64-58(79-28-31(3)77-5)65-55(42)70-24-38-17-39(70)21-60-38/h6-12,19-20,22-23,26,30-31,35,37-40,49,53,60,73-74H,13-14,17-18,21,24-25,27-29H2,1-5H3,(H,61,66)(H,62,67)(H,63,75)/t31-,37+,38-,39-,40+,49-,53-/m0/s1. The number of nitrogens with zero attached hydrogens (tertiary/aromatic N) is 9. The fourth-order valence-corrected chi connectivity index (χ4v) is 11.5. The number of ether oxygens (including phenoxy) is 3. The summed E-state index contributed by atoms with van der Waals surface area (Å²) >= 11 is 0. The number of benzene rings is 4. The van der Waals surface area contributed by atoms with Gasteiger partial charge in [0.25, 0.3) is 0 Å². The molecule has 3 aliphatic heterocycles. The van der Waals surface area contributed by atoms with Crippen molar-refractivity contribution in [3.8, 4) is 46.0 Å². The summed E-state index contributed by atoms with van der Waals surface area (Å²) in [6, 6.07) is 14.9. The largest absolute Gasteiger partial charge is 0.486 e. The van der Waals surface area contributed by atoms with Crippen molar-refractivity contribution in [2.24, 2.45) is 5.92 Å². The van der Waals surface area contributed by atoms with Gasteiger partial charge in [-0.05, 0) is 85.9 Å². The van der Waals surface area contributed by atoms with Gasteiger partial charge in [0.1, 0.15) is 54.2 Å². The quantitative estimate of drug-likeness (QED) is 0.0585. The third-order valence-electron chi connectivity index (χ3n) is 15.9. The molecule has 0 spiro atoms. The Morgan fingerprint density at radius 1 is 0.949 bits per heavy atom. The molecule has 8 aromatic rings. The predicted molar refractivity (Wildman–Crippen MR) is 293 cm³/mol. The number of rotatable bonds is 17. The zero-order chi connectivity index (χ0) is 54.6. The summed E-state index contributed by atoms with van der Waals surface area (Å²) < 4.78 is 36.5. The molecule has 4 aromatic carbocycles. The molecular formula is C58H62FN13O7. The third kappa shape index (κ3) is 9.98. The van der Waals surface area contributed by atoms with Crippen LogP contribution in [0.5, 0.6) is 11.8 Å². The number of amides is 2. The molecule has 4 fully saturated rings. The number of aliphatic hydroxyl groups excluding tert-OH is 2. The number of carbonyl (C=O) groups excluding carboxylic acids is 2. The number of anilines is 1. The maximum Gasteiger partial charge on any atom is 0.319 e. The Morgan fingerprint density at radius 2 is 1.75 bits per heavy atom. The minimum absolute atomic E-state index is 0.0128. The second-order valence-electron chi connectivity index (χ2n) is 21.7. The first-order chi connectivity index (χ1) is 38.3. The first kappa shape index (κ1) is 51.7. The van der Waals surface area contributed by atoms with Crippen LogP contribution >= 0.6 is 0 Å². The molecule has 12 rings (SSSR count). The Labute approximate surface area is 454 Å². The van der Waals surface area contributed by atoms with Crippen molar-refractivity contribution < 1.29 is 38.4 Å². The topological polar surface area (TPSA) is 247 Å². The Hall–Kier alpha value is -8.03. The Balaban J connectivity index is 0.829. The average Bonchev–Trinajstić information content (AvgIpc) is 4.37. The fourth-order valence-electron chi connectivity index (χ4n) is 11.5. The highest BCUT2D eigenvalue weighted by molar-refractivity contribution is 6.06. The van der Waals surface area contributed by atoms with Gasteiger partial charge in [-0.15, -0.1) is 5.10 Å². The van der Waals surface area contributed by atoms with Crippen LogP contribution in [0.25, 0.3) is 55.1 Å². The Morgan fingerprint density at radius 3 is 2.48 bits per heavy atom. The van der Waals surface area contributed by atoms with Gasteiger partial charge in [0, 0.05) is 83.7 Å². The van der Waals surface area contributed by atoms with Crippen LogP contribution in [0.15, 0.2) is 73.2 Å². The van der Waals surface area contributed by atoms with Gasteiger partial charge in [-0.1, -0.05) is 61.2 Å². The number of methoxy groups -OCH3 is 1. The number of carbonyl (C=O) groups is 2. The average molecular weight is 1070 g/mol. The van der Waals surface area contributed by atoms with Crippen molar-refractivity contribution in [1.82, 2.24) is 60.9 Å². The second-order valence-corrected chi connectivity index (χ2v) is 21.7. The van der Waals surface area contributed by atoms with E-state index in [0.29, 0.717) is 45.2 Å². The molecule has 7 atom stereocenters. The summed E-state index contributed by atoms with van der Waals surface area (Å²) in [5.74, 6) is 5.85. The number of hydrogen-bond acceptors (Lipinski definition) is 15. The summed E-state index contributed by atoms with van der Waals surface area (Å²) in [5.41, 5.74) is 7.65. The van der Waals surface area contributed by atoms with Crippen LogP contribution in [0.2, 0.25) is 0 Å². The van der Waals surface area contributed by atoms with Crippen molar-refractivity contribution in [2.75, 3.05) is 44.9 Å². The number of hydrogen-bond donors (Lipinski definition) is 6. The van der Waals surface area contributed by atoms with E-state index in [1.807, 2.05) is 63.2 Å². The van der Waals surface area contributed by atoms with E-state index >= 15 is 4.39 Å². The van der Waals surface area contributed by atoms with Crippen LogP contribution in [0.4, 0.5) is 10.2 Å². The summed E-state index contributed by atoms with van der Waals surface area (Å²) in [6.07, 6.45) is 6.90. The molecule has 21 heteroatoms. The summed E-state index contributed by atoms with van der Waals surface area (Å²) in [7, 11) is 1.63. The van der Waals surface area contributed by atoms with E-state index < -0.39 is 42.7 Å². The van der Waals surface area contributed by atoms with Gasteiger partial charge in [-0.25, -0.2) is 9.07 Å². The summed E-state index contributed by atoms with van der Waals surface area (Å²) in [5, 5.41) is 53.1. The van der Waals surface area contributed by atoms with E-state index in [0.717, 1.165) is 82.1 Å². The number of nitrogens with one attached hydrogen (secondary N) is 4. The van der Waals surface area contributed by atoms with E-state index in [1.54, 1.807) is 32.6 Å². The molecule has 79 heavy (non-hydrogen) atoms. The van der Waals surface area contributed by atoms with Gasteiger partial charge >= 0.3 is 6.01 Å². The second kappa shape index (κ2) is 21.3. The SMILES string of the molecule is CO[C@@H](C)COc1nc(N2C[C@@H]3C[C@H]2CN3)c2cc(C3CC3)c(-c3c(C)c(F)cc4[nH]ncc34)c(OCc3ccc(-c4cn([C@H](C(=O)N5C[C@H](O)C[C@H]5C(=O)N[C@H](C#Cc5cccc6[nH]ncc56)CO)C(C)C)nn4)cc3)c2n1. The number of fused-ring (bicyclic) bond motifs is 5. The van der Waals surface area contributed by atoms with Crippen LogP contribution in [-0.4, -0.2) is 149 Å². The number of piperazine rings is 1. The normalized spacial score (nSPS) is 20.1. The Kier molecular flexibility index (Phi) is 14.0. The van der Waals surface area contributed by atoms with Crippen molar-refractivity contribution in [3.63, 3.8) is 0 Å². The fraction of sp³-hybridized carbons (Fsp3) is 0.414. The monoisotopic (exact) mass is 1070 g/mol. The molecule has 1 aliphatic carbocycles. The maximum absolute atomic E-state index is 16.1. The van der Waals surface area contributed by atoms with E-state index in [-0.39, 0.29) is 62.0 Å². The van der Waals surface area contributed by atoms with E-state index in [9.17, 15) is 19.8 Å². The summed E-state index contributed by atoms with van der Waals surface area (Å²) in [4.78, 5) is 42.3. The molecule has 4 aliphatic rings.